The van der Waals surface area contributed by atoms with Gasteiger partial charge in [0, 0.05) is 50.2 Å². The highest BCUT2D eigenvalue weighted by Gasteiger charge is 2.23. The first-order valence-corrected chi connectivity index (χ1v) is 7.72. The predicted molar refractivity (Wildman–Crippen MR) is 85.8 cm³/mol. The molecule has 2 heterocycles. The van der Waals surface area contributed by atoms with E-state index in [0.717, 1.165) is 16.5 Å². The lowest BCUT2D eigenvalue weighted by molar-refractivity contribution is -0.137. The van der Waals surface area contributed by atoms with Crippen LogP contribution >= 0.6 is 11.6 Å². The summed E-state index contributed by atoms with van der Waals surface area (Å²) >= 11 is 6.24. The van der Waals surface area contributed by atoms with Crippen molar-refractivity contribution in [1.82, 2.24) is 14.8 Å². The van der Waals surface area contributed by atoms with Crippen LogP contribution < -0.4 is 0 Å². The molecular weight excluding hydrogens is 302 g/mol. The fourth-order valence-electron chi connectivity index (χ4n) is 2.89. The van der Waals surface area contributed by atoms with Crippen LogP contribution in [-0.2, 0) is 16.0 Å². The van der Waals surface area contributed by atoms with E-state index in [-0.39, 0.29) is 11.8 Å². The van der Waals surface area contributed by atoms with Crippen molar-refractivity contribution in [2.45, 2.75) is 13.3 Å². The number of aromatic nitrogens is 1. The third-order valence-corrected chi connectivity index (χ3v) is 4.47. The maximum Gasteiger partial charge on any atom is 0.227 e. The van der Waals surface area contributed by atoms with Gasteiger partial charge in [0.25, 0.3) is 0 Å². The molecule has 0 saturated carbocycles. The Hall–Kier alpha value is -2.01. The average molecular weight is 320 g/mol. The number of halogens is 1. The zero-order valence-electron chi connectivity index (χ0n) is 12.4. The molecule has 1 aromatic heterocycles. The molecule has 0 atom stereocenters. The lowest BCUT2D eigenvalue weighted by Gasteiger charge is -2.34. The van der Waals surface area contributed by atoms with Crippen molar-refractivity contribution in [2.24, 2.45) is 0 Å². The lowest BCUT2D eigenvalue weighted by Crippen LogP contribution is -2.50. The van der Waals surface area contributed by atoms with Gasteiger partial charge in [0.2, 0.25) is 11.8 Å². The lowest BCUT2D eigenvalue weighted by atomic mass is 10.1. The summed E-state index contributed by atoms with van der Waals surface area (Å²) in [7, 11) is 0. The van der Waals surface area contributed by atoms with Gasteiger partial charge in [-0.25, -0.2) is 0 Å². The van der Waals surface area contributed by atoms with Crippen LogP contribution in [0.4, 0.5) is 0 Å². The quantitative estimate of drug-likeness (QED) is 0.921. The highest BCUT2D eigenvalue weighted by atomic mass is 35.5. The van der Waals surface area contributed by atoms with Gasteiger partial charge in [-0.2, -0.15) is 0 Å². The van der Waals surface area contributed by atoms with Crippen LogP contribution in [0.25, 0.3) is 10.9 Å². The zero-order valence-corrected chi connectivity index (χ0v) is 13.2. The van der Waals surface area contributed by atoms with E-state index in [4.69, 9.17) is 11.6 Å². The largest absolute Gasteiger partial charge is 0.361 e. The highest BCUT2D eigenvalue weighted by Crippen LogP contribution is 2.27. The molecule has 0 aliphatic carbocycles. The smallest absolute Gasteiger partial charge is 0.227 e. The Morgan fingerprint density at radius 2 is 1.86 bits per heavy atom. The number of H-pyrrole nitrogens is 1. The van der Waals surface area contributed by atoms with E-state index in [2.05, 4.69) is 4.98 Å². The second-order valence-electron chi connectivity index (χ2n) is 5.54. The Morgan fingerprint density at radius 3 is 2.55 bits per heavy atom. The van der Waals surface area contributed by atoms with Gasteiger partial charge in [-0.3, -0.25) is 9.59 Å². The van der Waals surface area contributed by atoms with Gasteiger partial charge >= 0.3 is 0 Å². The van der Waals surface area contributed by atoms with Gasteiger partial charge < -0.3 is 14.8 Å². The molecule has 1 aromatic carbocycles. The number of nitrogens with zero attached hydrogens (tertiary/aromatic N) is 2. The number of hydrogen-bond donors (Lipinski definition) is 1. The number of rotatable bonds is 2. The fraction of sp³-hybridized carbons (Fsp3) is 0.375. The van der Waals surface area contributed by atoms with E-state index in [1.807, 2.05) is 29.3 Å². The van der Waals surface area contributed by atoms with Crippen molar-refractivity contribution < 1.29 is 9.59 Å². The number of carbonyl (C=O) groups excluding carboxylic acids is 2. The molecular formula is C16H18ClN3O2. The van der Waals surface area contributed by atoms with E-state index in [0.29, 0.717) is 37.6 Å². The molecule has 0 radical (unpaired) electrons. The molecule has 2 amide bonds. The van der Waals surface area contributed by atoms with Crippen LogP contribution in [0, 0.1) is 0 Å². The second-order valence-corrected chi connectivity index (χ2v) is 5.95. The van der Waals surface area contributed by atoms with Crippen molar-refractivity contribution in [1.29, 1.82) is 0 Å². The van der Waals surface area contributed by atoms with Crippen LogP contribution in [0.15, 0.2) is 24.4 Å². The number of amides is 2. The number of fused-ring (bicyclic) bond motifs is 1. The second kappa shape index (κ2) is 6.01. The monoisotopic (exact) mass is 319 g/mol. The number of aromatic amines is 1. The Bertz CT molecular complexity index is 717. The molecule has 1 aliphatic heterocycles. The first-order valence-electron chi connectivity index (χ1n) is 7.34. The molecule has 0 unspecified atom stereocenters. The number of hydrogen-bond acceptors (Lipinski definition) is 2. The molecule has 1 aliphatic rings. The van der Waals surface area contributed by atoms with E-state index in [1.54, 1.807) is 11.8 Å². The summed E-state index contributed by atoms with van der Waals surface area (Å²) in [6.45, 7) is 3.96. The SMILES string of the molecule is CC(=O)N1CCN(C(=O)Cc2c[nH]c3cccc(Cl)c23)CC1. The van der Waals surface area contributed by atoms with Crippen molar-refractivity contribution in [3.63, 3.8) is 0 Å². The average Bonchev–Trinajstić information content (AvgIpc) is 2.92. The van der Waals surface area contributed by atoms with Crippen molar-refractivity contribution in [2.75, 3.05) is 26.2 Å². The van der Waals surface area contributed by atoms with Gasteiger partial charge in [0.05, 0.1) is 11.4 Å². The third kappa shape index (κ3) is 2.81. The Kier molecular flexibility index (Phi) is 4.07. The molecule has 0 spiro atoms. The van der Waals surface area contributed by atoms with Gasteiger partial charge in [0.1, 0.15) is 0 Å². The Balaban J connectivity index is 1.70. The maximum absolute atomic E-state index is 12.5. The van der Waals surface area contributed by atoms with Crippen LogP contribution in [-0.4, -0.2) is 52.8 Å². The highest BCUT2D eigenvalue weighted by molar-refractivity contribution is 6.35. The Morgan fingerprint density at radius 1 is 1.18 bits per heavy atom. The first-order chi connectivity index (χ1) is 10.6. The van der Waals surface area contributed by atoms with E-state index < -0.39 is 0 Å². The van der Waals surface area contributed by atoms with Gasteiger partial charge in [0.15, 0.2) is 0 Å². The number of piperazine rings is 1. The first kappa shape index (κ1) is 14.9. The minimum atomic E-state index is 0.0653. The molecule has 1 saturated heterocycles. The maximum atomic E-state index is 12.5. The van der Waals surface area contributed by atoms with Crippen LogP contribution in [0.2, 0.25) is 5.02 Å². The van der Waals surface area contributed by atoms with Crippen molar-refractivity contribution in [3.05, 3.63) is 35.0 Å². The number of nitrogens with one attached hydrogen (secondary N) is 1. The van der Waals surface area contributed by atoms with Gasteiger partial charge in [-0.1, -0.05) is 17.7 Å². The molecule has 2 aromatic rings. The van der Waals surface area contributed by atoms with Crippen LogP contribution in [0.1, 0.15) is 12.5 Å². The molecule has 0 bridgehead atoms. The van der Waals surface area contributed by atoms with Gasteiger partial charge in [-0.15, -0.1) is 0 Å². The minimum absolute atomic E-state index is 0.0653. The Labute approximate surface area is 133 Å². The normalized spacial score (nSPS) is 15.4. The summed E-state index contributed by atoms with van der Waals surface area (Å²) in [5, 5.41) is 1.57. The predicted octanol–water partition coefficient (Wildman–Crippen LogP) is 2.05. The molecule has 1 fully saturated rings. The van der Waals surface area contributed by atoms with Crippen molar-refractivity contribution in [3.8, 4) is 0 Å². The molecule has 1 N–H and O–H groups in total. The van der Waals surface area contributed by atoms with E-state index >= 15 is 0 Å². The summed E-state index contributed by atoms with van der Waals surface area (Å²) in [4.78, 5) is 30.5. The zero-order chi connectivity index (χ0) is 15.7. The molecule has 22 heavy (non-hydrogen) atoms. The van der Waals surface area contributed by atoms with Crippen LogP contribution in [0.5, 0.6) is 0 Å². The third-order valence-electron chi connectivity index (χ3n) is 4.16. The topological polar surface area (TPSA) is 56.4 Å². The summed E-state index contributed by atoms with van der Waals surface area (Å²) in [5.41, 5.74) is 1.86. The summed E-state index contributed by atoms with van der Waals surface area (Å²) < 4.78 is 0. The molecule has 3 rings (SSSR count). The summed E-state index contributed by atoms with van der Waals surface area (Å²) in [6.07, 6.45) is 2.17. The van der Waals surface area contributed by atoms with Crippen LogP contribution in [0.3, 0.4) is 0 Å². The van der Waals surface area contributed by atoms with Crippen molar-refractivity contribution >= 4 is 34.3 Å². The number of benzene rings is 1. The summed E-state index contributed by atoms with van der Waals surface area (Å²) in [6, 6.07) is 5.66. The van der Waals surface area contributed by atoms with E-state index in [9.17, 15) is 9.59 Å². The van der Waals surface area contributed by atoms with E-state index in [1.165, 1.54) is 0 Å². The van der Waals surface area contributed by atoms with Gasteiger partial charge in [-0.05, 0) is 17.7 Å². The molecule has 5 nitrogen and oxygen atoms in total. The fourth-order valence-corrected chi connectivity index (χ4v) is 3.19. The minimum Gasteiger partial charge on any atom is -0.361 e. The summed E-state index contributed by atoms with van der Waals surface area (Å²) in [5.74, 6) is 0.138. The molecule has 6 heteroatoms. The molecule has 116 valence electrons. The standard InChI is InChI=1S/C16H18ClN3O2/c1-11(21)19-5-7-20(8-6-19)15(22)9-12-10-18-14-4-2-3-13(17)16(12)14/h2-4,10,18H,5-9H2,1H3. The number of carbonyl (C=O) groups is 2.